The maximum atomic E-state index is 12.1. The van der Waals surface area contributed by atoms with Gasteiger partial charge in [-0.05, 0) is 19.3 Å². The topological polar surface area (TPSA) is 83.5 Å². The van der Waals surface area contributed by atoms with Gasteiger partial charge in [-0.1, -0.05) is 6.92 Å². The fraction of sp³-hybridized carbons (Fsp3) is 1.00. The van der Waals surface area contributed by atoms with Gasteiger partial charge in [-0.25, -0.2) is 0 Å². The Hall–Kier alpha value is 0.120. The molecule has 2 fully saturated rings. The molecule has 0 amide bonds. The van der Waals surface area contributed by atoms with Crippen LogP contribution in [0.5, 0.6) is 0 Å². The van der Waals surface area contributed by atoms with E-state index < -0.39 is 32.1 Å². The van der Waals surface area contributed by atoms with Crippen LogP contribution in [0.25, 0.3) is 0 Å². The fourth-order valence-electron chi connectivity index (χ4n) is 2.84. The van der Waals surface area contributed by atoms with Crippen LogP contribution < -0.4 is 0 Å². The SMILES string of the molecule is [B]C1CC(OC)C(COP(=O)(O)COC2CC([B])OC2CC)O1. The van der Waals surface area contributed by atoms with Crippen molar-refractivity contribution < 1.29 is 32.9 Å². The zero-order valence-electron chi connectivity index (χ0n) is 13.5. The molecule has 2 aliphatic heterocycles. The van der Waals surface area contributed by atoms with E-state index in [0.29, 0.717) is 12.8 Å². The summed E-state index contributed by atoms with van der Waals surface area (Å²) in [7, 11) is 9.01. The minimum absolute atomic E-state index is 0.0821. The van der Waals surface area contributed by atoms with Crippen molar-refractivity contribution in [3.8, 4) is 0 Å². The molecular weight excluding hydrogens is 321 g/mol. The Morgan fingerprint density at radius 1 is 1.17 bits per heavy atom. The lowest BCUT2D eigenvalue weighted by molar-refractivity contribution is -0.0234. The van der Waals surface area contributed by atoms with Crippen molar-refractivity contribution in [3.63, 3.8) is 0 Å². The molecule has 23 heavy (non-hydrogen) atoms. The van der Waals surface area contributed by atoms with Crippen LogP contribution in [0.15, 0.2) is 0 Å². The number of methoxy groups -OCH3 is 1. The van der Waals surface area contributed by atoms with Gasteiger partial charge in [0.1, 0.15) is 28.1 Å². The highest BCUT2D eigenvalue weighted by Crippen LogP contribution is 2.43. The van der Waals surface area contributed by atoms with Crippen molar-refractivity contribution >= 4 is 23.3 Å². The number of ether oxygens (including phenoxy) is 4. The third-order valence-electron chi connectivity index (χ3n) is 4.06. The van der Waals surface area contributed by atoms with Crippen molar-refractivity contribution in [2.75, 3.05) is 20.1 Å². The van der Waals surface area contributed by atoms with Crippen molar-refractivity contribution in [3.05, 3.63) is 0 Å². The molecule has 4 radical (unpaired) electrons. The predicted molar refractivity (Wildman–Crippen MR) is 84.7 cm³/mol. The van der Waals surface area contributed by atoms with Crippen LogP contribution in [0.2, 0.25) is 0 Å². The van der Waals surface area contributed by atoms with Gasteiger partial charge in [-0.2, -0.15) is 0 Å². The molecule has 10 heteroatoms. The molecule has 0 saturated carbocycles. The highest BCUT2D eigenvalue weighted by atomic mass is 31.2. The molecular formula is C13H23B2O7P. The molecule has 7 nitrogen and oxygen atoms in total. The van der Waals surface area contributed by atoms with E-state index in [0.717, 1.165) is 6.42 Å². The summed E-state index contributed by atoms with van der Waals surface area (Å²) in [6, 6.07) is -0.856. The number of hydrogen-bond donors (Lipinski definition) is 1. The summed E-state index contributed by atoms with van der Waals surface area (Å²) in [4.78, 5) is 9.89. The van der Waals surface area contributed by atoms with Gasteiger partial charge < -0.3 is 28.4 Å². The molecule has 0 aromatic rings. The zero-order valence-corrected chi connectivity index (χ0v) is 14.4. The lowest BCUT2D eigenvalue weighted by Crippen LogP contribution is -2.28. The molecule has 0 aromatic heterocycles. The second-order valence-corrected chi connectivity index (χ2v) is 7.64. The van der Waals surface area contributed by atoms with E-state index >= 15 is 0 Å². The molecule has 0 bridgehead atoms. The fourth-order valence-corrected chi connectivity index (χ4v) is 3.68. The van der Waals surface area contributed by atoms with E-state index in [1.807, 2.05) is 6.92 Å². The van der Waals surface area contributed by atoms with Crippen LogP contribution in [-0.2, 0) is 28.0 Å². The Kier molecular flexibility index (Phi) is 7.17. The van der Waals surface area contributed by atoms with Gasteiger partial charge in [-0.15, -0.1) is 0 Å². The third-order valence-corrected chi connectivity index (χ3v) is 5.08. The van der Waals surface area contributed by atoms with Gasteiger partial charge in [-0.3, -0.25) is 4.57 Å². The summed E-state index contributed by atoms with van der Waals surface area (Å²) in [6.45, 7) is 1.86. The van der Waals surface area contributed by atoms with Crippen LogP contribution >= 0.6 is 7.60 Å². The molecule has 7 atom stereocenters. The number of rotatable bonds is 8. The van der Waals surface area contributed by atoms with E-state index in [-0.39, 0.29) is 24.9 Å². The summed E-state index contributed by atoms with van der Waals surface area (Å²) in [5.74, 6) is 0. The molecule has 128 valence electrons. The molecule has 2 aliphatic rings. The van der Waals surface area contributed by atoms with Gasteiger partial charge >= 0.3 is 7.60 Å². The van der Waals surface area contributed by atoms with Gasteiger partial charge in [0, 0.05) is 19.1 Å². The average Bonchev–Trinajstić information content (AvgIpc) is 3.05. The maximum Gasteiger partial charge on any atom is 0.353 e. The normalized spacial score (nSPS) is 40.3. The van der Waals surface area contributed by atoms with E-state index in [1.54, 1.807) is 0 Å². The molecule has 0 aliphatic carbocycles. The summed E-state index contributed by atoms with van der Waals surface area (Å²) in [6.07, 6.45) is 0.121. The standard InChI is InChI=1S/C13H23B2O7P/c1-3-8-10(5-13(15)21-8)19-7-23(16,17)20-6-11-9(18-2)4-12(14)22-11/h8-13H,3-7H2,1-2H3,(H,16,17). The molecule has 2 saturated heterocycles. The Morgan fingerprint density at radius 2 is 1.78 bits per heavy atom. The Bertz CT molecular complexity index is 393. The lowest BCUT2D eigenvalue weighted by atomic mass is 9.96. The highest BCUT2D eigenvalue weighted by Gasteiger charge is 2.37. The van der Waals surface area contributed by atoms with Crippen LogP contribution in [-0.4, -0.2) is 77.1 Å². The molecule has 7 unspecified atom stereocenters. The molecule has 0 aromatic carbocycles. The minimum atomic E-state index is -3.91. The first-order chi connectivity index (χ1) is 10.8. The average molecular weight is 344 g/mol. The number of hydrogen-bond acceptors (Lipinski definition) is 6. The van der Waals surface area contributed by atoms with Crippen LogP contribution in [0, 0.1) is 0 Å². The zero-order chi connectivity index (χ0) is 17.0. The third kappa shape index (κ3) is 5.56. The molecule has 2 heterocycles. The van der Waals surface area contributed by atoms with Gasteiger partial charge in [0.15, 0.2) is 0 Å². The van der Waals surface area contributed by atoms with Crippen LogP contribution in [0.1, 0.15) is 26.2 Å². The first-order valence-corrected chi connectivity index (χ1v) is 9.53. The van der Waals surface area contributed by atoms with Crippen molar-refractivity contribution in [2.45, 2.75) is 62.6 Å². The predicted octanol–water partition coefficient (Wildman–Crippen LogP) is 0.523. The van der Waals surface area contributed by atoms with Crippen LogP contribution in [0.4, 0.5) is 0 Å². The minimum Gasteiger partial charge on any atom is -0.382 e. The first kappa shape index (κ1) is 19.4. The van der Waals surface area contributed by atoms with Crippen molar-refractivity contribution in [1.29, 1.82) is 0 Å². The largest absolute Gasteiger partial charge is 0.382 e. The van der Waals surface area contributed by atoms with Crippen molar-refractivity contribution in [1.82, 2.24) is 0 Å². The smallest absolute Gasteiger partial charge is 0.353 e. The van der Waals surface area contributed by atoms with E-state index in [1.165, 1.54) is 7.11 Å². The van der Waals surface area contributed by atoms with Gasteiger partial charge in [0.25, 0.3) is 0 Å². The lowest BCUT2D eigenvalue weighted by Gasteiger charge is -2.22. The second kappa shape index (κ2) is 8.48. The van der Waals surface area contributed by atoms with Crippen molar-refractivity contribution in [2.24, 2.45) is 0 Å². The summed E-state index contributed by atoms with van der Waals surface area (Å²) in [5.41, 5.74) is 0. The van der Waals surface area contributed by atoms with E-state index in [4.69, 9.17) is 39.2 Å². The maximum absolute atomic E-state index is 12.1. The van der Waals surface area contributed by atoms with Gasteiger partial charge in [0.05, 0.1) is 24.9 Å². The summed E-state index contributed by atoms with van der Waals surface area (Å²) >= 11 is 0. The Balaban J connectivity index is 1.77. The van der Waals surface area contributed by atoms with Gasteiger partial charge in [0.2, 0.25) is 0 Å². The summed E-state index contributed by atoms with van der Waals surface area (Å²) in [5, 5.41) is 0. The van der Waals surface area contributed by atoms with Crippen LogP contribution in [0.3, 0.4) is 0 Å². The van der Waals surface area contributed by atoms with E-state index in [9.17, 15) is 9.46 Å². The second-order valence-electron chi connectivity index (χ2n) is 5.85. The Labute approximate surface area is 139 Å². The molecule has 1 N–H and O–H groups in total. The molecule has 0 spiro atoms. The monoisotopic (exact) mass is 344 g/mol. The molecule has 2 rings (SSSR count). The summed E-state index contributed by atoms with van der Waals surface area (Å²) < 4.78 is 38.8. The Morgan fingerprint density at radius 3 is 2.39 bits per heavy atom. The highest BCUT2D eigenvalue weighted by molar-refractivity contribution is 7.52. The van der Waals surface area contributed by atoms with E-state index in [2.05, 4.69) is 0 Å². The quantitative estimate of drug-likeness (QED) is 0.508. The first-order valence-electron chi connectivity index (χ1n) is 7.77.